The van der Waals surface area contributed by atoms with E-state index in [1.165, 1.54) is 11.1 Å². The molecular formula is C19H16ClNO. The molecule has 3 heteroatoms. The number of benzene rings is 2. The molecule has 0 bridgehead atoms. The second kappa shape index (κ2) is 7.21. The van der Waals surface area contributed by atoms with Gasteiger partial charge in [0.25, 0.3) is 0 Å². The van der Waals surface area contributed by atoms with Crippen molar-refractivity contribution < 1.29 is 4.74 Å². The van der Waals surface area contributed by atoms with Crippen LogP contribution in [0.5, 0.6) is 0 Å². The van der Waals surface area contributed by atoms with Crippen LogP contribution >= 0.6 is 11.6 Å². The fraction of sp³-hybridized carbons (Fsp3) is 0.105. The lowest BCUT2D eigenvalue weighted by Gasteiger charge is -2.06. The Balaban J connectivity index is 1.56. The highest BCUT2D eigenvalue weighted by Gasteiger charge is 1.99. The fourth-order valence-corrected chi connectivity index (χ4v) is 2.31. The van der Waals surface area contributed by atoms with Crippen LogP contribution in [0, 0.1) is 0 Å². The van der Waals surface area contributed by atoms with E-state index in [9.17, 15) is 0 Å². The first-order chi connectivity index (χ1) is 10.8. The van der Waals surface area contributed by atoms with Crippen LogP contribution in [0.1, 0.15) is 11.1 Å². The monoisotopic (exact) mass is 309 g/mol. The van der Waals surface area contributed by atoms with Crippen molar-refractivity contribution in [2.45, 2.75) is 13.2 Å². The topological polar surface area (TPSA) is 22.1 Å². The van der Waals surface area contributed by atoms with Gasteiger partial charge in [0.05, 0.1) is 13.2 Å². The quantitative estimate of drug-likeness (QED) is 0.610. The third kappa shape index (κ3) is 3.94. The zero-order valence-corrected chi connectivity index (χ0v) is 12.8. The van der Waals surface area contributed by atoms with Crippen LogP contribution in [-0.2, 0) is 18.0 Å². The molecule has 1 aromatic heterocycles. The summed E-state index contributed by atoms with van der Waals surface area (Å²) in [6.45, 7) is 1.11. The molecule has 0 aliphatic carbocycles. The Morgan fingerprint density at radius 1 is 0.727 bits per heavy atom. The van der Waals surface area contributed by atoms with E-state index < -0.39 is 0 Å². The van der Waals surface area contributed by atoms with Crippen LogP contribution in [0.4, 0.5) is 0 Å². The molecule has 0 unspecified atom stereocenters. The number of pyridine rings is 1. The van der Waals surface area contributed by atoms with Gasteiger partial charge in [0.2, 0.25) is 0 Å². The normalized spacial score (nSPS) is 10.6. The number of nitrogens with zero attached hydrogens (tertiary/aromatic N) is 1. The van der Waals surface area contributed by atoms with Crippen LogP contribution in [0.3, 0.4) is 0 Å². The smallest absolute Gasteiger partial charge is 0.129 e. The molecule has 0 amide bonds. The van der Waals surface area contributed by atoms with E-state index in [0.29, 0.717) is 18.4 Å². The first-order valence-corrected chi connectivity index (χ1v) is 7.51. The predicted octanol–water partition coefficient (Wildman–Crippen LogP) is 5.12. The van der Waals surface area contributed by atoms with Gasteiger partial charge in [0.1, 0.15) is 5.15 Å². The molecule has 0 aliphatic rings. The Morgan fingerprint density at radius 3 is 2.05 bits per heavy atom. The van der Waals surface area contributed by atoms with Gasteiger partial charge >= 0.3 is 0 Å². The van der Waals surface area contributed by atoms with Gasteiger partial charge in [-0.2, -0.15) is 0 Å². The number of hydrogen-bond acceptors (Lipinski definition) is 2. The third-order valence-corrected chi connectivity index (χ3v) is 3.61. The summed E-state index contributed by atoms with van der Waals surface area (Å²) < 4.78 is 5.71. The van der Waals surface area contributed by atoms with E-state index in [0.717, 1.165) is 11.1 Å². The summed E-state index contributed by atoms with van der Waals surface area (Å²) in [5.74, 6) is 0. The number of ether oxygens (including phenoxy) is 1. The van der Waals surface area contributed by atoms with Crippen molar-refractivity contribution in [2.24, 2.45) is 0 Å². The predicted molar refractivity (Wildman–Crippen MR) is 89.6 cm³/mol. The maximum absolute atomic E-state index is 5.76. The SMILES string of the molecule is Clc1ccc(COCc2ccc(-c3ccccc3)cc2)cn1. The van der Waals surface area contributed by atoms with E-state index >= 15 is 0 Å². The van der Waals surface area contributed by atoms with Gasteiger partial charge in [0.15, 0.2) is 0 Å². The lowest BCUT2D eigenvalue weighted by atomic mass is 10.0. The van der Waals surface area contributed by atoms with Crippen molar-refractivity contribution in [3.63, 3.8) is 0 Å². The molecule has 3 rings (SSSR count). The van der Waals surface area contributed by atoms with Gasteiger partial charge in [0, 0.05) is 6.20 Å². The molecule has 0 spiro atoms. The van der Waals surface area contributed by atoms with E-state index in [1.807, 2.05) is 24.3 Å². The minimum absolute atomic E-state index is 0.500. The van der Waals surface area contributed by atoms with Gasteiger partial charge < -0.3 is 4.74 Å². The summed E-state index contributed by atoms with van der Waals surface area (Å²) >= 11 is 5.76. The van der Waals surface area contributed by atoms with Crippen molar-refractivity contribution in [1.29, 1.82) is 0 Å². The maximum atomic E-state index is 5.76. The Bertz CT molecular complexity index is 709. The van der Waals surface area contributed by atoms with Crippen molar-refractivity contribution in [2.75, 3.05) is 0 Å². The summed E-state index contributed by atoms with van der Waals surface area (Å²) in [5.41, 5.74) is 4.61. The molecule has 22 heavy (non-hydrogen) atoms. The molecule has 0 saturated carbocycles. The maximum Gasteiger partial charge on any atom is 0.129 e. The first kappa shape index (κ1) is 14.8. The second-order valence-corrected chi connectivity index (χ2v) is 5.43. The highest BCUT2D eigenvalue weighted by Crippen LogP contribution is 2.19. The number of halogens is 1. The van der Waals surface area contributed by atoms with Gasteiger partial charge in [-0.25, -0.2) is 4.98 Å². The van der Waals surface area contributed by atoms with Crippen LogP contribution in [0.2, 0.25) is 5.15 Å². The van der Waals surface area contributed by atoms with Crippen LogP contribution in [0.15, 0.2) is 72.9 Å². The van der Waals surface area contributed by atoms with Crippen molar-refractivity contribution >= 4 is 11.6 Å². The molecule has 2 aromatic carbocycles. The molecule has 2 nitrogen and oxygen atoms in total. The molecule has 0 saturated heterocycles. The molecule has 0 radical (unpaired) electrons. The Labute approximate surface area is 135 Å². The molecule has 0 N–H and O–H groups in total. The Hall–Kier alpha value is -2.16. The van der Waals surface area contributed by atoms with Gasteiger partial charge in [-0.05, 0) is 28.3 Å². The molecular weight excluding hydrogens is 294 g/mol. The zero-order chi connectivity index (χ0) is 15.2. The zero-order valence-electron chi connectivity index (χ0n) is 12.1. The largest absolute Gasteiger partial charge is 0.372 e. The van der Waals surface area contributed by atoms with Crippen molar-refractivity contribution in [3.8, 4) is 11.1 Å². The van der Waals surface area contributed by atoms with Crippen molar-refractivity contribution in [3.05, 3.63) is 89.2 Å². The number of aromatic nitrogens is 1. The lowest BCUT2D eigenvalue weighted by molar-refractivity contribution is 0.107. The minimum Gasteiger partial charge on any atom is -0.372 e. The molecule has 0 fully saturated rings. The fourth-order valence-electron chi connectivity index (χ4n) is 2.20. The lowest BCUT2D eigenvalue weighted by Crippen LogP contribution is -1.94. The molecule has 0 atom stereocenters. The molecule has 0 aliphatic heterocycles. The third-order valence-electron chi connectivity index (χ3n) is 3.39. The summed E-state index contributed by atoms with van der Waals surface area (Å²) in [6.07, 6.45) is 1.74. The summed E-state index contributed by atoms with van der Waals surface area (Å²) in [4.78, 5) is 4.04. The molecule has 3 aromatic rings. The highest BCUT2D eigenvalue weighted by atomic mass is 35.5. The minimum atomic E-state index is 0.500. The van der Waals surface area contributed by atoms with E-state index in [-0.39, 0.29) is 0 Å². The van der Waals surface area contributed by atoms with Crippen LogP contribution in [0.25, 0.3) is 11.1 Å². The molecule has 1 heterocycles. The summed E-state index contributed by atoms with van der Waals surface area (Å²) in [5, 5.41) is 0.500. The van der Waals surface area contributed by atoms with E-state index in [2.05, 4.69) is 41.4 Å². The van der Waals surface area contributed by atoms with Gasteiger partial charge in [-0.3, -0.25) is 0 Å². The number of hydrogen-bond donors (Lipinski definition) is 0. The summed E-state index contributed by atoms with van der Waals surface area (Å²) in [7, 11) is 0. The average molecular weight is 310 g/mol. The average Bonchev–Trinajstić information content (AvgIpc) is 2.58. The van der Waals surface area contributed by atoms with Gasteiger partial charge in [-0.15, -0.1) is 0 Å². The standard InChI is InChI=1S/C19H16ClNO/c20-19-11-8-16(12-21-19)14-22-13-15-6-9-18(10-7-15)17-4-2-1-3-5-17/h1-12H,13-14H2. The van der Waals surface area contributed by atoms with E-state index in [4.69, 9.17) is 16.3 Å². The molecule has 110 valence electrons. The van der Waals surface area contributed by atoms with Crippen molar-refractivity contribution in [1.82, 2.24) is 4.98 Å². The second-order valence-electron chi connectivity index (χ2n) is 5.04. The summed E-state index contributed by atoms with van der Waals surface area (Å²) in [6, 6.07) is 22.5. The Morgan fingerprint density at radius 2 is 1.36 bits per heavy atom. The van der Waals surface area contributed by atoms with Crippen LogP contribution < -0.4 is 0 Å². The number of rotatable bonds is 5. The Kier molecular flexibility index (Phi) is 4.84. The van der Waals surface area contributed by atoms with E-state index in [1.54, 1.807) is 12.3 Å². The van der Waals surface area contributed by atoms with Gasteiger partial charge in [-0.1, -0.05) is 72.3 Å². The van der Waals surface area contributed by atoms with Crippen LogP contribution in [-0.4, -0.2) is 4.98 Å². The first-order valence-electron chi connectivity index (χ1n) is 7.14. The highest BCUT2D eigenvalue weighted by molar-refractivity contribution is 6.29.